The van der Waals surface area contributed by atoms with Crippen molar-refractivity contribution in [1.82, 2.24) is 14.6 Å². The number of furan rings is 1. The van der Waals surface area contributed by atoms with Gasteiger partial charge in [-0.05, 0) is 70.9 Å². The van der Waals surface area contributed by atoms with E-state index in [0.717, 1.165) is 23.1 Å². The van der Waals surface area contributed by atoms with E-state index in [2.05, 4.69) is 9.71 Å². The highest BCUT2D eigenvalue weighted by molar-refractivity contribution is 7.89. The van der Waals surface area contributed by atoms with Gasteiger partial charge in [-0.1, -0.05) is 18.2 Å². The molecule has 0 radical (unpaired) electrons. The van der Waals surface area contributed by atoms with E-state index in [1.54, 1.807) is 24.3 Å². The van der Waals surface area contributed by atoms with Gasteiger partial charge in [-0.25, -0.2) is 8.42 Å². The normalized spacial score (nSPS) is 12.9. The zero-order valence-electron chi connectivity index (χ0n) is 21.1. The number of aromatic nitrogens is 1. The molecule has 8 nitrogen and oxygen atoms in total. The van der Waals surface area contributed by atoms with Crippen molar-refractivity contribution in [1.29, 1.82) is 0 Å². The molecule has 212 valence electrons. The standard InChI is InChI=1S/C28H22F3N3O5S2/c29-28(30,31)20-5-1-4-19(14-20)26(27(36)34(16-21-6-2-12-39-21)17-22-7-3-13-40-22)33-41(37,38)23-9-10-24-18(15-23)8-11-25(35)32-24/h1-15,26,33H,16-17H2,(H,32,35). The van der Waals surface area contributed by atoms with Crippen molar-refractivity contribution in [3.8, 4) is 0 Å². The molecule has 3 heterocycles. The minimum atomic E-state index is -4.72. The number of carbonyl (C=O) groups is 1. The molecule has 13 heteroatoms. The average molecular weight is 602 g/mol. The Kier molecular flexibility index (Phi) is 7.84. The quantitative estimate of drug-likeness (QED) is 0.233. The highest BCUT2D eigenvalue weighted by Gasteiger charge is 2.35. The van der Waals surface area contributed by atoms with Gasteiger partial charge in [-0.3, -0.25) is 9.59 Å². The van der Waals surface area contributed by atoms with Crippen LogP contribution in [0.15, 0.2) is 105 Å². The lowest BCUT2D eigenvalue weighted by Crippen LogP contribution is -2.42. The van der Waals surface area contributed by atoms with Gasteiger partial charge in [0.25, 0.3) is 0 Å². The van der Waals surface area contributed by atoms with E-state index in [0.29, 0.717) is 16.7 Å². The van der Waals surface area contributed by atoms with E-state index in [9.17, 15) is 31.2 Å². The summed E-state index contributed by atoms with van der Waals surface area (Å²) in [6.07, 6.45) is -3.30. The van der Waals surface area contributed by atoms with Crippen LogP contribution in [-0.2, 0) is 34.1 Å². The number of aromatic amines is 1. The second-order valence-corrected chi connectivity index (χ2v) is 11.8. The minimum Gasteiger partial charge on any atom is -0.467 e. The van der Waals surface area contributed by atoms with Gasteiger partial charge in [0.05, 0.1) is 29.8 Å². The van der Waals surface area contributed by atoms with Crippen LogP contribution in [0.1, 0.15) is 27.8 Å². The van der Waals surface area contributed by atoms with Crippen molar-refractivity contribution >= 4 is 38.2 Å². The van der Waals surface area contributed by atoms with E-state index in [1.807, 2.05) is 5.38 Å². The maximum atomic E-state index is 14.1. The Morgan fingerprint density at radius 3 is 2.54 bits per heavy atom. The van der Waals surface area contributed by atoms with Gasteiger partial charge in [-0.2, -0.15) is 17.9 Å². The SMILES string of the molecule is O=C(C(NS(=O)(=O)c1ccc2[nH]c(=O)ccc2c1)c1cccc(C(F)(F)F)c1)N(Cc1ccco1)Cc1cccs1. The molecule has 1 amide bonds. The van der Waals surface area contributed by atoms with Crippen LogP contribution >= 0.6 is 11.3 Å². The molecular weight excluding hydrogens is 579 g/mol. The molecule has 1 atom stereocenters. The first kappa shape index (κ1) is 28.3. The summed E-state index contributed by atoms with van der Waals surface area (Å²) in [5.41, 5.74) is -1.20. The van der Waals surface area contributed by atoms with E-state index in [1.165, 1.54) is 58.9 Å². The van der Waals surface area contributed by atoms with Crippen LogP contribution in [0.3, 0.4) is 0 Å². The van der Waals surface area contributed by atoms with Crippen LogP contribution < -0.4 is 10.3 Å². The number of amides is 1. The number of pyridine rings is 1. The van der Waals surface area contributed by atoms with Gasteiger partial charge in [0.1, 0.15) is 11.8 Å². The third kappa shape index (κ3) is 6.59. The Morgan fingerprint density at radius 1 is 1.00 bits per heavy atom. The number of fused-ring (bicyclic) bond motifs is 1. The molecule has 2 N–H and O–H groups in total. The number of H-pyrrole nitrogens is 1. The Bertz CT molecular complexity index is 1800. The van der Waals surface area contributed by atoms with Gasteiger partial charge in [-0.15, -0.1) is 11.3 Å². The fourth-order valence-corrected chi connectivity index (χ4v) is 6.19. The van der Waals surface area contributed by atoms with Crippen molar-refractivity contribution in [2.75, 3.05) is 0 Å². The molecule has 2 aromatic carbocycles. The maximum Gasteiger partial charge on any atom is 0.416 e. The van der Waals surface area contributed by atoms with Gasteiger partial charge in [0.15, 0.2) is 0 Å². The van der Waals surface area contributed by atoms with Crippen LogP contribution in [-0.4, -0.2) is 24.2 Å². The molecular formula is C28H22F3N3O5S2. The summed E-state index contributed by atoms with van der Waals surface area (Å²) in [6.45, 7) is 0.0159. The number of sulfonamides is 1. The molecule has 0 bridgehead atoms. The lowest BCUT2D eigenvalue weighted by atomic mass is 10.0. The summed E-state index contributed by atoms with van der Waals surface area (Å²) in [7, 11) is -4.45. The van der Waals surface area contributed by atoms with Gasteiger partial charge < -0.3 is 14.3 Å². The van der Waals surface area contributed by atoms with Crippen molar-refractivity contribution < 1.29 is 30.8 Å². The fraction of sp³-hybridized carbons (Fsp3) is 0.143. The number of thiophene rings is 1. The van der Waals surface area contributed by atoms with Gasteiger partial charge >= 0.3 is 6.18 Å². The van der Waals surface area contributed by atoms with Crippen LogP contribution in [0.2, 0.25) is 0 Å². The lowest BCUT2D eigenvalue weighted by molar-refractivity contribution is -0.138. The smallest absolute Gasteiger partial charge is 0.416 e. The summed E-state index contributed by atoms with van der Waals surface area (Å²) in [6, 6.07) is 15.7. The number of hydrogen-bond acceptors (Lipinski definition) is 6. The number of nitrogens with one attached hydrogen (secondary N) is 2. The second kappa shape index (κ2) is 11.4. The van der Waals surface area contributed by atoms with Crippen molar-refractivity contribution in [3.63, 3.8) is 0 Å². The zero-order chi connectivity index (χ0) is 29.2. The van der Waals surface area contributed by atoms with E-state index >= 15 is 0 Å². The molecule has 0 fully saturated rings. The van der Waals surface area contributed by atoms with Gasteiger partial charge in [0, 0.05) is 16.5 Å². The van der Waals surface area contributed by atoms with Crippen molar-refractivity contribution in [3.05, 3.63) is 123 Å². The molecule has 0 aliphatic carbocycles. The number of halogens is 3. The maximum absolute atomic E-state index is 14.1. The summed E-state index contributed by atoms with van der Waals surface area (Å²) in [4.78, 5) is 30.1. The summed E-state index contributed by atoms with van der Waals surface area (Å²) < 4.78 is 75.7. The Morgan fingerprint density at radius 2 is 1.83 bits per heavy atom. The van der Waals surface area contributed by atoms with E-state index in [-0.39, 0.29) is 29.1 Å². The highest BCUT2D eigenvalue weighted by Crippen LogP contribution is 2.32. The largest absolute Gasteiger partial charge is 0.467 e. The summed E-state index contributed by atoms with van der Waals surface area (Å²) >= 11 is 1.37. The second-order valence-electron chi connectivity index (χ2n) is 9.10. The van der Waals surface area contributed by atoms with Crippen molar-refractivity contribution in [2.45, 2.75) is 30.2 Å². The topological polar surface area (TPSA) is 112 Å². The van der Waals surface area contributed by atoms with Crippen LogP contribution in [0.5, 0.6) is 0 Å². The fourth-order valence-electron chi connectivity index (χ4n) is 4.25. The molecule has 1 unspecified atom stereocenters. The first-order chi connectivity index (χ1) is 19.5. The third-order valence-electron chi connectivity index (χ3n) is 6.24. The Balaban J connectivity index is 1.56. The molecule has 5 rings (SSSR count). The first-order valence-corrected chi connectivity index (χ1v) is 14.5. The number of alkyl halides is 3. The van der Waals surface area contributed by atoms with Crippen molar-refractivity contribution in [2.24, 2.45) is 0 Å². The Labute approximate surface area is 236 Å². The lowest BCUT2D eigenvalue weighted by Gasteiger charge is -2.27. The Hall–Kier alpha value is -4.20. The minimum absolute atomic E-state index is 0.0513. The predicted octanol–water partition coefficient (Wildman–Crippen LogP) is 5.45. The molecule has 41 heavy (non-hydrogen) atoms. The average Bonchev–Trinajstić information content (AvgIpc) is 3.65. The number of nitrogens with zero attached hydrogens (tertiary/aromatic N) is 1. The predicted molar refractivity (Wildman–Crippen MR) is 146 cm³/mol. The molecule has 0 saturated heterocycles. The highest BCUT2D eigenvalue weighted by atomic mass is 32.2. The summed E-state index contributed by atoms with van der Waals surface area (Å²) in [5, 5.41) is 2.22. The van der Waals surface area contributed by atoms with Gasteiger partial charge in [0.2, 0.25) is 21.5 Å². The molecule has 0 aliphatic heterocycles. The molecule has 5 aromatic rings. The molecule has 3 aromatic heterocycles. The zero-order valence-corrected chi connectivity index (χ0v) is 22.7. The number of benzene rings is 2. The number of carbonyl (C=O) groups excluding carboxylic acids is 1. The monoisotopic (exact) mass is 601 g/mol. The van der Waals surface area contributed by atoms with Crippen LogP contribution in [0, 0.1) is 0 Å². The molecule has 0 aliphatic rings. The first-order valence-electron chi connectivity index (χ1n) is 12.2. The number of rotatable bonds is 9. The summed E-state index contributed by atoms with van der Waals surface area (Å²) in [5.74, 6) is -0.369. The van der Waals surface area contributed by atoms with E-state index < -0.39 is 33.7 Å². The van der Waals surface area contributed by atoms with Crippen LogP contribution in [0.25, 0.3) is 10.9 Å². The molecule has 0 saturated carbocycles. The van der Waals surface area contributed by atoms with E-state index in [4.69, 9.17) is 4.42 Å². The molecule has 0 spiro atoms. The van der Waals surface area contributed by atoms with Crippen LogP contribution in [0.4, 0.5) is 13.2 Å². The number of hydrogen-bond donors (Lipinski definition) is 2. The third-order valence-corrected chi connectivity index (χ3v) is 8.52.